The van der Waals surface area contributed by atoms with Gasteiger partial charge in [0, 0.05) is 11.1 Å². The minimum absolute atomic E-state index is 0.106. The molecule has 0 amide bonds. The van der Waals surface area contributed by atoms with E-state index < -0.39 is 11.8 Å². The molecular weight excluding hydrogens is 223 g/mol. The molecule has 3 nitrogen and oxygen atoms in total. The second kappa shape index (κ2) is 4.82. The van der Waals surface area contributed by atoms with Gasteiger partial charge >= 0.3 is 5.97 Å². The zero-order valence-electron chi connectivity index (χ0n) is 9.27. The highest BCUT2D eigenvalue weighted by Crippen LogP contribution is 2.13. The van der Waals surface area contributed by atoms with Crippen molar-refractivity contribution >= 4 is 5.97 Å². The Morgan fingerprint density at radius 2 is 2.12 bits per heavy atom. The van der Waals surface area contributed by atoms with Crippen LogP contribution in [0, 0.1) is 12.7 Å². The van der Waals surface area contributed by atoms with Gasteiger partial charge < -0.3 is 9.15 Å². The van der Waals surface area contributed by atoms with Crippen molar-refractivity contribution in [3.8, 4) is 0 Å². The first-order valence-corrected chi connectivity index (χ1v) is 5.13. The average molecular weight is 234 g/mol. The van der Waals surface area contributed by atoms with Crippen molar-refractivity contribution in [2.75, 3.05) is 0 Å². The van der Waals surface area contributed by atoms with Gasteiger partial charge in [0.1, 0.15) is 12.4 Å². The second-order valence-electron chi connectivity index (χ2n) is 3.60. The molecule has 2 aromatic rings. The Morgan fingerprint density at radius 1 is 1.35 bits per heavy atom. The number of benzene rings is 1. The molecule has 0 saturated carbocycles. The molecule has 1 aromatic carbocycles. The van der Waals surface area contributed by atoms with E-state index in [0.717, 1.165) is 0 Å². The van der Waals surface area contributed by atoms with Gasteiger partial charge in [0.25, 0.3) is 0 Å². The fraction of sp³-hybridized carbons (Fsp3) is 0.154. The summed E-state index contributed by atoms with van der Waals surface area (Å²) < 4.78 is 23.2. The molecule has 0 N–H and O–H groups in total. The van der Waals surface area contributed by atoms with Gasteiger partial charge in [-0.3, -0.25) is 0 Å². The molecule has 4 heteroatoms. The van der Waals surface area contributed by atoms with Crippen LogP contribution < -0.4 is 0 Å². The van der Waals surface area contributed by atoms with Crippen LogP contribution in [0.4, 0.5) is 4.39 Å². The van der Waals surface area contributed by atoms with E-state index in [1.165, 1.54) is 12.3 Å². The number of aryl methyl sites for hydroxylation is 1. The first-order valence-electron chi connectivity index (χ1n) is 5.13. The first kappa shape index (κ1) is 11.4. The van der Waals surface area contributed by atoms with E-state index in [4.69, 9.17) is 9.15 Å². The topological polar surface area (TPSA) is 39.4 Å². The summed E-state index contributed by atoms with van der Waals surface area (Å²) in [5.41, 5.74) is 1.04. The fourth-order valence-electron chi connectivity index (χ4n) is 1.41. The van der Waals surface area contributed by atoms with Crippen LogP contribution in [0.5, 0.6) is 0 Å². The lowest BCUT2D eigenvalue weighted by Gasteiger charge is -2.04. The Bertz CT molecular complexity index is 531. The zero-order chi connectivity index (χ0) is 12.3. The van der Waals surface area contributed by atoms with E-state index in [2.05, 4.69) is 0 Å². The molecule has 17 heavy (non-hydrogen) atoms. The van der Waals surface area contributed by atoms with Crippen molar-refractivity contribution in [2.45, 2.75) is 13.5 Å². The summed E-state index contributed by atoms with van der Waals surface area (Å²) in [6.45, 7) is 1.63. The summed E-state index contributed by atoms with van der Waals surface area (Å²) in [7, 11) is 0. The molecule has 0 unspecified atom stereocenters. The number of carbonyl (C=O) groups excluding carboxylic acids is 1. The van der Waals surface area contributed by atoms with Gasteiger partial charge in [0.15, 0.2) is 0 Å². The Kier molecular flexibility index (Phi) is 3.23. The maximum atomic E-state index is 13.2. The Labute approximate surface area is 97.8 Å². The highest BCUT2D eigenvalue weighted by Gasteiger charge is 2.14. The van der Waals surface area contributed by atoms with Gasteiger partial charge in [0.05, 0.1) is 6.26 Å². The number of esters is 1. The molecule has 1 heterocycles. The molecule has 0 aliphatic heterocycles. The van der Waals surface area contributed by atoms with E-state index in [1.807, 2.05) is 0 Å². The lowest BCUT2D eigenvalue weighted by Crippen LogP contribution is -2.06. The molecule has 0 aliphatic rings. The van der Waals surface area contributed by atoms with E-state index in [0.29, 0.717) is 11.1 Å². The summed E-state index contributed by atoms with van der Waals surface area (Å²) in [4.78, 5) is 11.6. The molecule has 2 rings (SSSR count). The number of furan rings is 1. The van der Waals surface area contributed by atoms with E-state index in [9.17, 15) is 9.18 Å². The number of ether oxygens (including phenoxy) is 1. The standard InChI is InChI=1S/C13H11FO3/c1-9-6-7-16-12(9)13(15)17-8-10-4-2-3-5-11(10)14/h2-7H,8H2,1H3. The van der Waals surface area contributed by atoms with Crippen LogP contribution in [0.25, 0.3) is 0 Å². The molecule has 0 bridgehead atoms. The normalized spacial score (nSPS) is 10.2. The summed E-state index contributed by atoms with van der Waals surface area (Å²) in [6, 6.07) is 7.82. The van der Waals surface area contributed by atoms with Crippen LogP contribution in [0.15, 0.2) is 41.0 Å². The molecule has 0 atom stereocenters. The first-order chi connectivity index (χ1) is 8.18. The van der Waals surface area contributed by atoms with Gasteiger partial charge in [-0.15, -0.1) is 0 Å². The zero-order valence-corrected chi connectivity index (χ0v) is 9.27. The van der Waals surface area contributed by atoms with E-state index in [1.54, 1.807) is 31.2 Å². The maximum Gasteiger partial charge on any atom is 0.374 e. The lowest BCUT2D eigenvalue weighted by atomic mass is 10.2. The molecule has 0 radical (unpaired) electrons. The molecule has 0 aliphatic carbocycles. The van der Waals surface area contributed by atoms with Crippen LogP contribution in [0.1, 0.15) is 21.7 Å². The second-order valence-corrected chi connectivity index (χ2v) is 3.60. The summed E-state index contributed by atoms with van der Waals surface area (Å²) >= 11 is 0. The van der Waals surface area contributed by atoms with Crippen molar-refractivity contribution in [3.63, 3.8) is 0 Å². The van der Waals surface area contributed by atoms with Crippen LogP contribution >= 0.6 is 0 Å². The van der Waals surface area contributed by atoms with Gasteiger partial charge in [-0.25, -0.2) is 9.18 Å². The molecule has 0 saturated heterocycles. The summed E-state index contributed by atoms with van der Waals surface area (Å²) in [5.74, 6) is -0.825. The highest BCUT2D eigenvalue weighted by molar-refractivity contribution is 5.87. The summed E-state index contributed by atoms with van der Waals surface area (Å²) in [5, 5.41) is 0. The number of carbonyl (C=O) groups is 1. The third-order valence-corrected chi connectivity index (χ3v) is 2.36. The third-order valence-electron chi connectivity index (χ3n) is 2.36. The smallest absolute Gasteiger partial charge is 0.374 e. The minimum atomic E-state index is -0.587. The van der Waals surface area contributed by atoms with Crippen LogP contribution in [-0.4, -0.2) is 5.97 Å². The lowest BCUT2D eigenvalue weighted by molar-refractivity contribution is 0.0431. The number of halogens is 1. The van der Waals surface area contributed by atoms with Crippen molar-refractivity contribution in [3.05, 3.63) is 59.3 Å². The van der Waals surface area contributed by atoms with Crippen molar-refractivity contribution < 1.29 is 18.3 Å². The number of rotatable bonds is 3. The van der Waals surface area contributed by atoms with Gasteiger partial charge in [-0.05, 0) is 19.1 Å². The molecular formula is C13H11FO3. The quantitative estimate of drug-likeness (QED) is 0.766. The van der Waals surface area contributed by atoms with Crippen LogP contribution in [0.2, 0.25) is 0 Å². The molecule has 0 fully saturated rings. The maximum absolute atomic E-state index is 13.2. The number of hydrogen-bond acceptors (Lipinski definition) is 3. The molecule has 1 aromatic heterocycles. The number of hydrogen-bond donors (Lipinski definition) is 0. The Balaban J connectivity index is 2.02. The minimum Gasteiger partial charge on any atom is -0.457 e. The van der Waals surface area contributed by atoms with Crippen LogP contribution in [-0.2, 0) is 11.3 Å². The molecule has 88 valence electrons. The fourth-order valence-corrected chi connectivity index (χ4v) is 1.41. The van der Waals surface area contributed by atoms with Gasteiger partial charge in [-0.2, -0.15) is 0 Å². The monoisotopic (exact) mass is 234 g/mol. The van der Waals surface area contributed by atoms with E-state index >= 15 is 0 Å². The average Bonchev–Trinajstić information content (AvgIpc) is 2.74. The Hall–Kier alpha value is -2.10. The van der Waals surface area contributed by atoms with E-state index in [-0.39, 0.29) is 12.4 Å². The predicted octanol–water partition coefficient (Wildman–Crippen LogP) is 3.08. The van der Waals surface area contributed by atoms with Crippen molar-refractivity contribution in [1.82, 2.24) is 0 Å². The SMILES string of the molecule is Cc1ccoc1C(=O)OCc1ccccc1F. The Morgan fingerprint density at radius 3 is 2.76 bits per heavy atom. The van der Waals surface area contributed by atoms with Gasteiger partial charge in [-0.1, -0.05) is 18.2 Å². The highest BCUT2D eigenvalue weighted by atomic mass is 19.1. The van der Waals surface area contributed by atoms with Crippen molar-refractivity contribution in [1.29, 1.82) is 0 Å². The van der Waals surface area contributed by atoms with Crippen LogP contribution in [0.3, 0.4) is 0 Å². The third kappa shape index (κ3) is 2.53. The summed E-state index contributed by atoms with van der Waals surface area (Å²) in [6.07, 6.45) is 1.41. The molecule has 0 spiro atoms. The van der Waals surface area contributed by atoms with Crippen molar-refractivity contribution in [2.24, 2.45) is 0 Å². The largest absolute Gasteiger partial charge is 0.457 e. The predicted molar refractivity (Wildman–Crippen MR) is 59.0 cm³/mol. The van der Waals surface area contributed by atoms with Gasteiger partial charge in [0.2, 0.25) is 5.76 Å².